The quantitative estimate of drug-likeness (QED) is 0.611. The number of amides is 1. The van der Waals surface area contributed by atoms with Crippen LogP contribution in [0.15, 0.2) is 18.3 Å². The Hall–Kier alpha value is -1.51. The first kappa shape index (κ1) is 14.6. The Kier molecular flexibility index (Phi) is 6.92. The van der Waals surface area contributed by atoms with Crippen LogP contribution in [0.3, 0.4) is 0 Å². The Morgan fingerprint density at radius 3 is 3.00 bits per heavy atom. The molecule has 0 bridgehead atoms. The molecule has 96 valence electrons. The summed E-state index contributed by atoms with van der Waals surface area (Å²) < 4.78 is 0. The third-order valence-corrected chi connectivity index (χ3v) is 2.84. The van der Waals surface area contributed by atoms with Crippen molar-refractivity contribution in [3.63, 3.8) is 0 Å². The van der Waals surface area contributed by atoms with Crippen molar-refractivity contribution >= 4 is 17.7 Å². The van der Waals surface area contributed by atoms with E-state index in [2.05, 4.69) is 22.1 Å². The molecule has 0 fully saturated rings. The average molecular weight is 263 g/mol. The van der Waals surface area contributed by atoms with Gasteiger partial charge in [-0.15, -0.1) is 0 Å². The summed E-state index contributed by atoms with van der Waals surface area (Å²) in [7, 11) is 0. The zero-order valence-corrected chi connectivity index (χ0v) is 11.2. The summed E-state index contributed by atoms with van der Waals surface area (Å²) in [5, 5.41) is 2.83. The molecule has 0 saturated heterocycles. The highest BCUT2D eigenvalue weighted by Crippen LogP contribution is 1.99. The van der Waals surface area contributed by atoms with Crippen LogP contribution in [0.2, 0.25) is 0 Å². The number of thioether (sulfide) groups is 1. The Labute approximate surface area is 112 Å². The third kappa shape index (κ3) is 5.21. The van der Waals surface area contributed by atoms with E-state index in [0.717, 1.165) is 17.7 Å². The fourth-order valence-corrected chi connectivity index (χ4v) is 1.70. The van der Waals surface area contributed by atoms with Crippen molar-refractivity contribution in [1.82, 2.24) is 10.3 Å². The molecule has 0 aromatic carbocycles. The number of nitrogens with zero attached hydrogens (tertiary/aromatic N) is 1. The minimum Gasteiger partial charge on any atom is -0.351 e. The Morgan fingerprint density at radius 1 is 1.56 bits per heavy atom. The van der Waals surface area contributed by atoms with Crippen LogP contribution in [-0.4, -0.2) is 36.0 Å². The second-order valence-electron chi connectivity index (χ2n) is 3.54. The Morgan fingerprint density at radius 2 is 2.39 bits per heavy atom. The Bertz CT molecular complexity index is 434. The fraction of sp³-hybridized carbons (Fsp3) is 0.385. The number of rotatable bonds is 5. The molecule has 0 unspecified atom stereocenters. The number of pyridine rings is 1. The molecule has 0 atom stereocenters. The first-order valence-electron chi connectivity index (χ1n) is 5.70. The maximum Gasteiger partial charge on any atom is 0.269 e. The van der Waals surface area contributed by atoms with Crippen LogP contribution < -0.4 is 11.1 Å². The number of nitrogens with two attached hydrogens (primary N) is 1. The molecule has 5 heteroatoms. The maximum absolute atomic E-state index is 11.7. The van der Waals surface area contributed by atoms with Gasteiger partial charge in [-0.1, -0.05) is 11.8 Å². The van der Waals surface area contributed by atoms with Gasteiger partial charge in [0.05, 0.1) is 6.54 Å². The molecule has 18 heavy (non-hydrogen) atoms. The summed E-state index contributed by atoms with van der Waals surface area (Å²) >= 11 is 1.77. The van der Waals surface area contributed by atoms with E-state index >= 15 is 0 Å². The number of carbonyl (C=O) groups is 1. The first-order valence-corrected chi connectivity index (χ1v) is 7.09. The molecular weight excluding hydrogens is 246 g/mol. The summed E-state index contributed by atoms with van der Waals surface area (Å²) in [4.78, 5) is 15.8. The van der Waals surface area contributed by atoms with Crippen LogP contribution in [0.4, 0.5) is 0 Å². The van der Waals surface area contributed by atoms with Gasteiger partial charge in [0.15, 0.2) is 0 Å². The number of aromatic nitrogens is 1. The lowest BCUT2D eigenvalue weighted by molar-refractivity contribution is 0.0949. The van der Waals surface area contributed by atoms with Gasteiger partial charge < -0.3 is 11.1 Å². The maximum atomic E-state index is 11.7. The molecule has 0 saturated carbocycles. The van der Waals surface area contributed by atoms with Crippen molar-refractivity contribution < 1.29 is 4.79 Å². The normalized spacial score (nSPS) is 9.44. The van der Waals surface area contributed by atoms with Crippen LogP contribution >= 0.6 is 11.8 Å². The lowest BCUT2D eigenvalue weighted by Crippen LogP contribution is -2.25. The lowest BCUT2D eigenvalue weighted by atomic mass is 10.2. The third-order valence-electron chi connectivity index (χ3n) is 2.14. The molecule has 1 amide bonds. The van der Waals surface area contributed by atoms with Crippen LogP contribution in [0.25, 0.3) is 0 Å². The van der Waals surface area contributed by atoms with Crippen molar-refractivity contribution in [2.24, 2.45) is 5.73 Å². The molecule has 1 heterocycles. The largest absolute Gasteiger partial charge is 0.351 e. The van der Waals surface area contributed by atoms with E-state index in [1.807, 2.05) is 6.26 Å². The molecule has 1 aromatic heterocycles. The summed E-state index contributed by atoms with van der Waals surface area (Å²) in [6.07, 6.45) is 4.59. The minimum atomic E-state index is -0.144. The number of hydrogen-bond acceptors (Lipinski definition) is 4. The van der Waals surface area contributed by atoms with Gasteiger partial charge in [0.25, 0.3) is 5.91 Å². The SMILES string of the molecule is CSCCCNC(=O)c1ccc(C#CCN)cn1. The number of hydrogen-bond donors (Lipinski definition) is 2. The van der Waals surface area contributed by atoms with Crippen LogP contribution in [0.5, 0.6) is 0 Å². The summed E-state index contributed by atoms with van der Waals surface area (Å²) in [6.45, 7) is 0.994. The van der Waals surface area contributed by atoms with Crippen molar-refractivity contribution in [2.45, 2.75) is 6.42 Å². The molecule has 0 spiro atoms. The highest BCUT2D eigenvalue weighted by Gasteiger charge is 2.05. The molecule has 4 nitrogen and oxygen atoms in total. The monoisotopic (exact) mass is 263 g/mol. The van der Waals surface area contributed by atoms with Crippen LogP contribution in [-0.2, 0) is 0 Å². The van der Waals surface area contributed by atoms with E-state index in [1.54, 1.807) is 30.1 Å². The van der Waals surface area contributed by atoms with Gasteiger partial charge in [-0.25, -0.2) is 4.98 Å². The molecule has 0 radical (unpaired) electrons. The number of nitrogens with one attached hydrogen (secondary N) is 1. The van der Waals surface area contributed by atoms with E-state index < -0.39 is 0 Å². The molecule has 1 aromatic rings. The van der Waals surface area contributed by atoms with Crippen LogP contribution in [0.1, 0.15) is 22.5 Å². The second kappa shape index (κ2) is 8.56. The summed E-state index contributed by atoms with van der Waals surface area (Å²) in [5.74, 6) is 6.49. The smallest absolute Gasteiger partial charge is 0.269 e. The van der Waals surface area contributed by atoms with Crippen LogP contribution in [0, 0.1) is 11.8 Å². The van der Waals surface area contributed by atoms with Gasteiger partial charge >= 0.3 is 0 Å². The van der Waals surface area contributed by atoms with Crippen molar-refractivity contribution in [3.8, 4) is 11.8 Å². The predicted molar refractivity (Wildman–Crippen MR) is 75.5 cm³/mol. The average Bonchev–Trinajstić information content (AvgIpc) is 2.41. The van der Waals surface area contributed by atoms with Gasteiger partial charge in [-0.3, -0.25) is 4.79 Å². The zero-order chi connectivity index (χ0) is 13.2. The van der Waals surface area contributed by atoms with E-state index in [4.69, 9.17) is 5.73 Å². The van der Waals surface area contributed by atoms with Gasteiger partial charge in [0, 0.05) is 18.3 Å². The molecule has 0 aliphatic carbocycles. The van der Waals surface area contributed by atoms with E-state index in [-0.39, 0.29) is 5.91 Å². The molecule has 1 rings (SSSR count). The Balaban J connectivity index is 2.48. The van der Waals surface area contributed by atoms with Crippen molar-refractivity contribution in [2.75, 3.05) is 25.1 Å². The molecule has 0 aliphatic rings. The lowest BCUT2D eigenvalue weighted by Gasteiger charge is -2.03. The fourth-order valence-electron chi connectivity index (χ4n) is 1.26. The molecule has 0 aliphatic heterocycles. The topological polar surface area (TPSA) is 68.0 Å². The van der Waals surface area contributed by atoms with Gasteiger partial charge in [0.1, 0.15) is 5.69 Å². The number of carbonyl (C=O) groups excluding carboxylic acids is 1. The molecular formula is C13H17N3OS. The van der Waals surface area contributed by atoms with Gasteiger partial charge in [-0.05, 0) is 30.6 Å². The highest BCUT2D eigenvalue weighted by atomic mass is 32.2. The van der Waals surface area contributed by atoms with E-state index in [0.29, 0.717) is 18.8 Å². The predicted octanol–water partition coefficient (Wildman–Crippen LogP) is 0.875. The minimum absolute atomic E-state index is 0.144. The van der Waals surface area contributed by atoms with Gasteiger partial charge in [0.2, 0.25) is 0 Å². The molecule has 3 N–H and O–H groups in total. The van der Waals surface area contributed by atoms with Crippen molar-refractivity contribution in [3.05, 3.63) is 29.6 Å². The summed E-state index contributed by atoms with van der Waals surface area (Å²) in [5.41, 5.74) is 6.45. The van der Waals surface area contributed by atoms with E-state index in [9.17, 15) is 4.79 Å². The van der Waals surface area contributed by atoms with Gasteiger partial charge in [-0.2, -0.15) is 11.8 Å². The highest BCUT2D eigenvalue weighted by molar-refractivity contribution is 7.98. The zero-order valence-electron chi connectivity index (χ0n) is 10.4. The van der Waals surface area contributed by atoms with E-state index in [1.165, 1.54) is 0 Å². The summed E-state index contributed by atoms with van der Waals surface area (Å²) in [6, 6.07) is 3.44. The standard InChI is InChI=1S/C13H17N3OS/c1-18-9-3-8-15-13(17)12-6-5-11(10-16-12)4-2-7-14/h5-6,10H,3,7-9,14H2,1H3,(H,15,17). The van der Waals surface area contributed by atoms with Crippen molar-refractivity contribution in [1.29, 1.82) is 0 Å². The first-order chi connectivity index (χ1) is 8.77. The second-order valence-corrected chi connectivity index (χ2v) is 4.53.